The predicted molar refractivity (Wildman–Crippen MR) is 44.9 cm³/mol. The highest BCUT2D eigenvalue weighted by Gasteiger charge is 2.31. The van der Waals surface area contributed by atoms with Crippen molar-refractivity contribution in [3.63, 3.8) is 0 Å². The number of sulfonamides is 2. The van der Waals surface area contributed by atoms with E-state index in [1.54, 1.807) is 6.92 Å². The Bertz CT molecular complexity index is 298. The normalized spacial score (nSPS) is 13.7. The third-order valence-electron chi connectivity index (χ3n) is 1.26. The quantitative estimate of drug-likeness (QED) is 0.606. The molecule has 0 aromatic carbocycles. The van der Waals surface area contributed by atoms with Gasteiger partial charge in [-0.25, -0.2) is 27.1 Å². The molecule has 0 amide bonds. The van der Waals surface area contributed by atoms with Gasteiger partial charge in [-0.05, 0) is 6.42 Å². The van der Waals surface area contributed by atoms with Gasteiger partial charge in [0.25, 0.3) is 0 Å². The first-order valence-electron chi connectivity index (χ1n) is 3.22. The smallest absolute Gasteiger partial charge is 0.227 e. The van der Waals surface area contributed by atoms with Crippen LogP contribution < -0.4 is 10.3 Å². The fraction of sp³-hybridized carbons (Fsp3) is 1.00. The molecule has 0 bridgehead atoms. The number of hydrogen-bond acceptors (Lipinski definition) is 4. The van der Waals surface area contributed by atoms with E-state index in [0.717, 1.165) is 0 Å². The summed E-state index contributed by atoms with van der Waals surface area (Å²) in [7, 11) is -8.20. The van der Waals surface area contributed by atoms with Crippen LogP contribution in [0, 0.1) is 0 Å². The zero-order chi connectivity index (χ0) is 9.99. The molecule has 8 heteroatoms. The number of nitrogens with two attached hydrogens (primary N) is 2. The molecule has 6 nitrogen and oxygen atoms in total. The third-order valence-corrected chi connectivity index (χ3v) is 4.80. The van der Waals surface area contributed by atoms with Crippen LogP contribution in [-0.4, -0.2) is 21.4 Å². The number of primary sulfonamides is 2. The lowest BCUT2D eigenvalue weighted by atomic mass is 10.4. The molecular weight excluding hydrogens is 204 g/mol. The molecule has 0 fully saturated rings. The molecule has 0 aliphatic rings. The van der Waals surface area contributed by atoms with Crippen LogP contribution in [0.1, 0.15) is 19.8 Å². The van der Waals surface area contributed by atoms with Crippen molar-refractivity contribution in [2.24, 2.45) is 10.3 Å². The van der Waals surface area contributed by atoms with Crippen molar-refractivity contribution in [3.8, 4) is 0 Å². The van der Waals surface area contributed by atoms with Gasteiger partial charge < -0.3 is 0 Å². The summed E-state index contributed by atoms with van der Waals surface area (Å²) in [5.41, 5.74) is 0. The van der Waals surface area contributed by atoms with Gasteiger partial charge in [0, 0.05) is 0 Å². The fourth-order valence-electron chi connectivity index (χ4n) is 0.751. The Labute approximate surface area is 72.0 Å². The minimum absolute atomic E-state index is 0.0718. The van der Waals surface area contributed by atoms with Crippen LogP contribution in [0.2, 0.25) is 0 Å². The molecule has 0 saturated heterocycles. The molecule has 0 aromatic heterocycles. The fourth-order valence-corrected chi connectivity index (χ4v) is 3.38. The highest BCUT2D eigenvalue weighted by atomic mass is 32.3. The zero-order valence-corrected chi connectivity index (χ0v) is 8.23. The maximum atomic E-state index is 10.7. The molecule has 0 rings (SSSR count). The number of hydrogen-bond donors (Lipinski definition) is 2. The lowest BCUT2D eigenvalue weighted by Crippen LogP contribution is -2.39. The second-order valence-corrected chi connectivity index (χ2v) is 6.19. The third kappa shape index (κ3) is 3.48. The van der Waals surface area contributed by atoms with Gasteiger partial charge in [-0.15, -0.1) is 0 Å². The van der Waals surface area contributed by atoms with Crippen molar-refractivity contribution in [3.05, 3.63) is 0 Å². The average Bonchev–Trinajstić information content (AvgIpc) is 1.77. The minimum atomic E-state index is -4.10. The van der Waals surface area contributed by atoms with Gasteiger partial charge in [0.2, 0.25) is 20.0 Å². The molecule has 0 aliphatic heterocycles. The molecule has 0 unspecified atom stereocenters. The van der Waals surface area contributed by atoms with E-state index in [0.29, 0.717) is 6.42 Å². The number of rotatable bonds is 4. The van der Waals surface area contributed by atoms with E-state index in [4.69, 9.17) is 0 Å². The van der Waals surface area contributed by atoms with Gasteiger partial charge in [0.05, 0.1) is 0 Å². The van der Waals surface area contributed by atoms with E-state index in [1.807, 2.05) is 0 Å². The molecule has 4 N–H and O–H groups in total. The summed E-state index contributed by atoms with van der Waals surface area (Å²) >= 11 is 0. The molecular formula is C4H12N2O4S2. The van der Waals surface area contributed by atoms with Crippen LogP contribution in [0.3, 0.4) is 0 Å². The first kappa shape index (κ1) is 11.8. The van der Waals surface area contributed by atoms with Gasteiger partial charge in [0.15, 0.2) is 4.58 Å². The van der Waals surface area contributed by atoms with Crippen molar-refractivity contribution in [2.75, 3.05) is 0 Å². The summed E-state index contributed by atoms with van der Waals surface area (Å²) in [6, 6.07) is 0. The molecule has 0 saturated carbocycles. The van der Waals surface area contributed by atoms with E-state index in [2.05, 4.69) is 10.3 Å². The van der Waals surface area contributed by atoms with E-state index < -0.39 is 24.6 Å². The molecule has 0 aliphatic carbocycles. The lowest BCUT2D eigenvalue weighted by molar-refractivity contribution is 0.569. The topological polar surface area (TPSA) is 120 Å². The monoisotopic (exact) mass is 216 g/mol. The maximum Gasteiger partial charge on any atom is 0.227 e. The van der Waals surface area contributed by atoms with Gasteiger partial charge in [0.1, 0.15) is 0 Å². The van der Waals surface area contributed by atoms with Crippen LogP contribution in [0.15, 0.2) is 0 Å². The summed E-state index contributed by atoms with van der Waals surface area (Å²) in [6.07, 6.45) is 0.315. The van der Waals surface area contributed by atoms with Crippen LogP contribution in [-0.2, 0) is 20.0 Å². The largest absolute Gasteiger partial charge is 0.228 e. The van der Waals surface area contributed by atoms with Crippen LogP contribution in [0.4, 0.5) is 0 Å². The van der Waals surface area contributed by atoms with Crippen LogP contribution in [0.5, 0.6) is 0 Å². The maximum absolute atomic E-state index is 10.7. The molecule has 74 valence electrons. The van der Waals surface area contributed by atoms with E-state index in [-0.39, 0.29) is 6.42 Å². The minimum Gasteiger partial charge on any atom is -0.228 e. The second kappa shape index (κ2) is 3.69. The molecule has 0 spiro atoms. The van der Waals surface area contributed by atoms with Gasteiger partial charge >= 0.3 is 0 Å². The Balaban J connectivity index is 4.97. The van der Waals surface area contributed by atoms with E-state index >= 15 is 0 Å². The Morgan fingerprint density at radius 1 is 1.08 bits per heavy atom. The Hall–Kier alpha value is -0.180. The highest BCUT2D eigenvalue weighted by Crippen LogP contribution is 2.09. The first-order chi connectivity index (χ1) is 5.19. The summed E-state index contributed by atoms with van der Waals surface area (Å²) in [5.74, 6) is 0. The van der Waals surface area contributed by atoms with Gasteiger partial charge in [-0.2, -0.15) is 0 Å². The van der Waals surface area contributed by atoms with Gasteiger partial charge in [-0.1, -0.05) is 13.3 Å². The lowest BCUT2D eigenvalue weighted by Gasteiger charge is -2.10. The molecule has 12 heavy (non-hydrogen) atoms. The second-order valence-electron chi connectivity index (χ2n) is 2.40. The molecule has 0 heterocycles. The van der Waals surface area contributed by atoms with Crippen molar-refractivity contribution in [2.45, 2.75) is 24.3 Å². The van der Waals surface area contributed by atoms with Crippen LogP contribution >= 0.6 is 0 Å². The SMILES string of the molecule is CCCC(S(N)(=O)=O)S(N)(=O)=O. The highest BCUT2D eigenvalue weighted by molar-refractivity contribution is 8.07. The average molecular weight is 216 g/mol. The zero-order valence-electron chi connectivity index (χ0n) is 6.60. The summed E-state index contributed by atoms with van der Waals surface area (Å²) < 4.78 is 41.1. The standard InChI is InChI=1S/C4H12N2O4S2/c1-2-3-4(11(5,7)8)12(6,9)10/h4H,2-3H2,1H3,(H2,5,7,8)(H2,6,9,10). The summed E-state index contributed by atoms with van der Waals surface area (Å²) in [5, 5.41) is 9.33. The van der Waals surface area contributed by atoms with Crippen molar-refractivity contribution in [1.82, 2.24) is 0 Å². The first-order valence-corrected chi connectivity index (χ1v) is 6.44. The Morgan fingerprint density at radius 2 is 1.42 bits per heavy atom. The van der Waals surface area contributed by atoms with Crippen molar-refractivity contribution in [1.29, 1.82) is 0 Å². The van der Waals surface area contributed by atoms with Gasteiger partial charge in [-0.3, -0.25) is 0 Å². The van der Waals surface area contributed by atoms with E-state index in [9.17, 15) is 16.8 Å². The van der Waals surface area contributed by atoms with Crippen molar-refractivity contribution >= 4 is 20.0 Å². The Kier molecular flexibility index (Phi) is 3.63. The van der Waals surface area contributed by atoms with E-state index in [1.165, 1.54) is 0 Å². The van der Waals surface area contributed by atoms with Crippen molar-refractivity contribution < 1.29 is 16.8 Å². The van der Waals surface area contributed by atoms with Crippen LogP contribution in [0.25, 0.3) is 0 Å². The molecule has 0 atom stereocenters. The Morgan fingerprint density at radius 3 is 1.50 bits per heavy atom. The summed E-state index contributed by atoms with van der Waals surface area (Å²) in [4.78, 5) is 0. The molecule has 0 aromatic rings. The molecule has 0 radical (unpaired) electrons. The predicted octanol–water partition coefficient (Wildman–Crippen LogP) is -1.31. The summed E-state index contributed by atoms with van der Waals surface area (Å²) in [6.45, 7) is 1.64.